The van der Waals surface area contributed by atoms with Crippen molar-refractivity contribution in [1.82, 2.24) is 5.32 Å². The van der Waals surface area contributed by atoms with Gasteiger partial charge in [-0.3, -0.25) is 4.79 Å². The number of hydrogen-bond donors (Lipinski definition) is 2. The van der Waals surface area contributed by atoms with Gasteiger partial charge in [0.25, 0.3) is 0 Å². The Morgan fingerprint density at radius 3 is 2.77 bits per heavy atom. The summed E-state index contributed by atoms with van der Waals surface area (Å²) in [6, 6.07) is 0.388. The lowest BCUT2D eigenvalue weighted by atomic mass is 10.2. The zero-order valence-corrected chi connectivity index (χ0v) is 9.83. The monoisotopic (exact) mass is 219 g/mol. The lowest BCUT2D eigenvalue weighted by Gasteiger charge is -2.13. The molecule has 1 aliphatic rings. The van der Waals surface area contributed by atoms with E-state index in [1.165, 1.54) is 6.42 Å². The summed E-state index contributed by atoms with van der Waals surface area (Å²) in [6.07, 6.45) is 5.61. The number of hydrogen-bond acceptors (Lipinski definition) is 3. The molecule has 0 radical (unpaired) electrons. The molecule has 76 valence electrons. The van der Waals surface area contributed by atoms with E-state index in [9.17, 15) is 4.79 Å². The molecule has 13 heavy (non-hydrogen) atoms. The molecule has 1 rings (SSSR count). The molecule has 3 unspecified atom stereocenters. The van der Waals surface area contributed by atoms with Crippen molar-refractivity contribution in [1.29, 1.82) is 0 Å². The number of amides is 1. The Morgan fingerprint density at radius 2 is 2.31 bits per heavy atom. The van der Waals surface area contributed by atoms with Crippen molar-refractivity contribution in [2.45, 2.75) is 42.7 Å². The van der Waals surface area contributed by atoms with Crippen molar-refractivity contribution in [3.8, 4) is 0 Å². The van der Waals surface area contributed by atoms with Crippen LogP contribution < -0.4 is 5.32 Å². The molecule has 0 aromatic rings. The van der Waals surface area contributed by atoms with Gasteiger partial charge in [-0.25, -0.2) is 0 Å². The normalized spacial score (nSPS) is 30.1. The van der Waals surface area contributed by atoms with E-state index >= 15 is 0 Å². The van der Waals surface area contributed by atoms with Gasteiger partial charge in [-0.05, 0) is 32.4 Å². The Morgan fingerprint density at radius 1 is 1.62 bits per heavy atom. The predicted molar refractivity (Wildman–Crippen MR) is 61.5 cm³/mol. The number of rotatable bonds is 3. The lowest BCUT2D eigenvalue weighted by Crippen LogP contribution is -2.37. The summed E-state index contributed by atoms with van der Waals surface area (Å²) in [7, 11) is 0. The van der Waals surface area contributed by atoms with Crippen molar-refractivity contribution in [3.63, 3.8) is 0 Å². The van der Waals surface area contributed by atoms with Gasteiger partial charge in [-0.1, -0.05) is 0 Å². The standard InChI is InChI=1S/C9H17NOS2/c1-6(12)9(11)10-7-3-4-8(5-7)13-2/h6-8,12H,3-5H2,1-2H3,(H,10,11). The molecule has 1 aliphatic carbocycles. The van der Waals surface area contributed by atoms with Gasteiger partial charge < -0.3 is 5.32 Å². The van der Waals surface area contributed by atoms with Crippen molar-refractivity contribution in [3.05, 3.63) is 0 Å². The van der Waals surface area contributed by atoms with Crippen LogP contribution in [0.15, 0.2) is 0 Å². The molecule has 0 heterocycles. The number of carbonyl (C=O) groups is 1. The Kier molecular flexibility index (Phi) is 4.46. The third kappa shape index (κ3) is 3.43. The molecule has 1 fully saturated rings. The van der Waals surface area contributed by atoms with E-state index in [0.29, 0.717) is 6.04 Å². The van der Waals surface area contributed by atoms with Crippen LogP contribution in [0, 0.1) is 0 Å². The van der Waals surface area contributed by atoms with Gasteiger partial charge in [-0.15, -0.1) is 0 Å². The molecular weight excluding hydrogens is 202 g/mol. The molecule has 0 bridgehead atoms. The molecule has 0 aromatic carbocycles. The predicted octanol–water partition coefficient (Wildman–Crippen LogP) is 1.70. The second-order valence-corrected chi connectivity index (χ2v) is 5.46. The third-order valence-corrected chi connectivity index (χ3v) is 3.77. The fraction of sp³-hybridized carbons (Fsp3) is 0.889. The Balaban J connectivity index is 2.28. The molecule has 1 saturated carbocycles. The number of thiol groups is 1. The first-order chi connectivity index (χ1) is 6.13. The van der Waals surface area contributed by atoms with Gasteiger partial charge in [0.1, 0.15) is 0 Å². The highest BCUT2D eigenvalue weighted by Crippen LogP contribution is 2.28. The minimum absolute atomic E-state index is 0.0649. The Bertz CT molecular complexity index is 184. The molecular formula is C9H17NOS2. The fourth-order valence-electron chi connectivity index (χ4n) is 1.61. The van der Waals surface area contributed by atoms with E-state index in [4.69, 9.17) is 0 Å². The quantitative estimate of drug-likeness (QED) is 0.708. The minimum atomic E-state index is -0.187. The van der Waals surface area contributed by atoms with E-state index in [1.54, 1.807) is 6.92 Å². The molecule has 1 amide bonds. The summed E-state index contributed by atoms with van der Waals surface area (Å²) < 4.78 is 0. The van der Waals surface area contributed by atoms with Crippen LogP contribution in [0.5, 0.6) is 0 Å². The maximum atomic E-state index is 11.3. The maximum Gasteiger partial charge on any atom is 0.232 e. The molecule has 0 aliphatic heterocycles. The lowest BCUT2D eigenvalue weighted by molar-refractivity contribution is -0.120. The highest BCUT2D eigenvalue weighted by Gasteiger charge is 2.25. The second-order valence-electron chi connectivity index (χ2n) is 3.55. The van der Waals surface area contributed by atoms with Gasteiger partial charge >= 0.3 is 0 Å². The van der Waals surface area contributed by atoms with Crippen LogP contribution in [0.25, 0.3) is 0 Å². The largest absolute Gasteiger partial charge is 0.352 e. The smallest absolute Gasteiger partial charge is 0.232 e. The fourth-order valence-corrected chi connectivity index (χ4v) is 2.48. The molecule has 1 N–H and O–H groups in total. The van der Waals surface area contributed by atoms with Crippen LogP contribution in [0.1, 0.15) is 26.2 Å². The number of nitrogens with one attached hydrogen (secondary N) is 1. The zero-order chi connectivity index (χ0) is 9.84. The minimum Gasteiger partial charge on any atom is -0.352 e. The van der Waals surface area contributed by atoms with Crippen LogP contribution in [0.2, 0.25) is 0 Å². The molecule has 0 saturated heterocycles. The van der Waals surface area contributed by atoms with Crippen molar-refractivity contribution >= 4 is 30.3 Å². The first-order valence-electron chi connectivity index (χ1n) is 4.64. The molecule has 4 heteroatoms. The van der Waals surface area contributed by atoms with Crippen molar-refractivity contribution in [2.24, 2.45) is 0 Å². The van der Waals surface area contributed by atoms with Gasteiger partial charge in [0.2, 0.25) is 5.91 Å². The summed E-state index contributed by atoms with van der Waals surface area (Å²) in [6.45, 7) is 1.81. The van der Waals surface area contributed by atoms with Gasteiger partial charge in [0.05, 0.1) is 5.25 Å². The van der Waals surface area contributed by atoms with Crippen LogP contribution in [-0.2, 0) is 4.79 Å². The summed E-state index contributed by atoms with van der Waals surface area (Å²) in [5, 5.41) is 3.56. The molecule has 0 spiro atoms. The van der Waals surface area contributed by atoms with E-state index in [2.05, 4.69) is 24.2 Å². The van der Waals surface area contributed by atoms with Gasteiger partial charge in [0.15, 0.2) is 0 Å². The second kappa shape index (κ2) is 5.15. The van der Waals surface area contributed by atoms with Gasteiger partial charge in [0, 0.05) is 11.3 Å². The summed E-state index contributed by atoms with van der Waals surface area (Å²) in [5.41, 5.74) is 0. The summed E-state index contributed by atoms with van der Waals surface area (Å²) in [5.74, 6) is 0.0649. The average Bonchev–Trinajstić information content (AvgIpc) is 2.52. The SMILES string of the molecule is CSC1CCC(NC(=O)C(C)S)C1. The highest BCUT2D eigenvalue weighted by molar-refractivity contribution is 7.99. The highest BCUT2D eigenvalue weighted by atomic mass is 32.2. The van der Waals surface area contributed by atoms with E-state index in [0.717, 1.165) is 18.1 Å². The van der Waals surface area contributed by atoms with Crippen LogP contribution in [0.3, 0.4) is 0 Å². The van der Waals surface area contributed by atoms with Crippen LogP contribution in [0.4, 0.5) is 0 Å². The number of carbonyl (C=O) groups excluding carboxylic acids is 1. The van der Waals surface area contributed by atoms with Gasteiger partial charge in [-0.2, -0.15) is 24.4 Å². The van der Waals surface area contributed by atoms with E-state index < -0.39 is 0 Å². The average molecular weight is 219 g/mol. The maximum absolute atomic E-state index is 11.3. The molecule has 2 nitrogen and oxygen atoms in total. The first kappa shape index (κ1) is 11.2. The van der Waals surface area contributed by atoms with E-state index in [1.807, 2.05) is 11.8 Å². The van der Waals surface area contributed by atoms with Crippen molar-refractivity contribution in [2.75, 3.05) is 6.26 Å². The molecule has 0 aromatic heterocycles. The summed E-state index contributed by atoms with van der Waals surface area (Å²) >= 11 is 6.00. The van der Waals surface area contributed by atoms with E-state index in [-0.39, 0.29) is 11.2 Å². The third-order valence-electron chi connectivity index (χ3n) is 2.44. The topological polar surface area (TPSA) is 29.1 Å². The Hall–Kier alpha value is 0.170. The van der Waals surface area contributed by atoms with Crippen LogP contribution in [-0.4, -0.2) is 28.7 Å². The van der Waals surface area contributed by atoms with Crippen molar-refractivity contribution < 1.29 is 4.79 Å². The van der Waals surface area contributed by atoms with Crippen LogP contribution >= 0.6 is 24.4 Å². The zero-order valence-electron chi connectivity index (χ0n) is 8.12. The molecule has 3 atom stereocenters. The first-order valence-corrected chi connectivity index (χ1v) is 6.45. The Labute approximate surface area is 89.6 Å². The number of thioether (sulfide) groups is 1. The summed E-state index contributed by atoms with van der Waals surface area (Å²) in [4.78, 5) is 11.3.